The van der Waals surface area contributed by atoms with Gasteiger partial charge in [0.2, 0.25) is 0 Å². The first-order chi connectivity index (χ1) is 13.0. The molecular weight excluding hydrogens is 364 g/mol. The first kappa shape index (κ1) is 18.5. The number of carbonyl (C=O) groups excluding carboxylic acids is 1. The number of aromatic nitrogens is 2. The second-order valence-corrected chi connectivity index (χ2v) is 8.15. The molecule has 2 fully saturated rings. The lowest BCUT2D eigenvalue weighted by Gasteiger charge is -2.36. The highest BCUT2D eigenvalue weighted by molar-refractivity contribution is 6.33. The molecule has 3 heterocycles. The lowest BCUT2D eigenvalue weighted by molar-refractivity contribution is -0.0683. The summed E-state index contributed by atoms with van der Waals surface area (Å²) < 4.78 is 7.70. The zero-order valence-corrected chi connectivity index (χ0v) is 16.4. The lowest BCUT2D eigenvalue weighted by atomic mass is 10.0. The Kier molecular flexibility index (Phi) is 5.21. The van der Waals surface area contributed by atoms with E-state index in [2.05, 4.69) is 29.2 Å². The molecule has 0 bridgehead atoms. The van der Waals surface area contributed by atoms with Crippen molar-refractivity contribution < 1.29 is 9.53 Å². The maximum Gasteiger partial charge on any atom is 0.253 e. The molecule has 2 aliphatic heterocycles. The van der Waals surface area contributed by atoms with Gasteiger partial charge in [-0.2, -0.15) is 5.10 Å². The number of ether oxygens (including phenoxy) is 1. The van der Waals surface area contributed by atoms with Crippen molar-refractivity contribution in [3.8, 4) is 5.69 Å². The van der Waals surface area contributed by atoms with Gasteiger partial charge in [-0.25, -0.2) is 4.68 Å². The minimum Gasteiger partial charge on any atom is -0.375 e. The molecule has 2 aliphatic rings. The molecule has 0 unspecified atom stereocenters. The summed E-state index contributed by atoms with van der Waals surface area (Å²) in [5.41, 5.74) is 1.29. The minimum atomic E-state index is -0.139. The number of fused-ring (bicyclic) bond motifs is 1. The Labute approximate surface area is 164 Å². The number of morpholine rings is 1. The monoisotopic (exact) mass is 388 g/mol. The Morgan fingerprint density at radius 2 is 2.22 bits per heavy atom. The van der Waals surface area contributed by atoms with Gasteiger partial charge in [0.1, 0.15) is 0 Å². The number of carbonyl (C=O) groups is 1. The fraction of sp³-hybridized carbons (Fsp3) is 0.500. The van der Waals surface area contributed by atoms with Gasteiger partial charge in [0.15, 0.2) is 0 Å². The molecule has 1 amide bonds. The molecule has 0 radical (unpaired) electrons. The van der Waals surface area contributed by atoms with Gasteiger partial charge in [0.05, 0.1) is 29.0 Å². The molecule has 1 aromatic carbocycles. The van der Waals surface area contributed by atoms with Crippen LogP contribution < -0.4 is 5.32 Å². The third-order valence-corrected chi connectivity index (χ3v) is 5.82. The molecule has 0 spiro atoms. The van der Waals surface area contributed by atoms with Crippen molar-refractivity contribution in [3.05, 3.63) is 47.2 Å². The van der Waals surface area contributed by atoms with Crippen LogP contribution in [0.4, 0.5) is 0 Å². The molecule has 3 atom stereocenters. The first-order valence-corrected chi connectivity index (χ1v) is 9.85. The second kappa shape index (κ2) is 7.62. The smallest absolute Gasteiger partial charge is 0.253 e. The predicted octanol–water partition coefficient (Wildman–Crippen LogP) is 2.75. The zero-order chi connectivity index (χ0) is 19.0. The van der Waals surface area contributed by atoms with E-state index < -0.39 is 0 Å². The highest BCUT2D eigenvalue weighted by Crippen LogP contribution is 2.26. The van der Waals surface area contributed by atoms with Crippen molar-refractivity contribution in [3.63, 3.8) is 0 Å². The molecule has 4 rings (SSSR count). The van der Waals surface area contributed by atoms with E-state index in [0.29, 0.717) is 22.5 Å². The van der Waals surface area contributed by atoms with Crippen LogP contribution in [-0.4, -0.2) is 58.5 Å². The average Bonchev–Trinajstić information content (AvgIpc) is 3.30. The van der Waals surface area contributed by atoms with Crippen LogP contribution >= 0.6 is 11.6 Å². The fourth-order valence-corrected chi connectivity index (χ4v) is 4.13. The van der Waals surface area contributed by atoms with Crippen LogP contribution in [0.5, 0.6) is 0 Å². The van der Waals surface area contributed by atoms with Gasteiger partial charge in [-0.1, -0.05) is 25.4 Å². The molecule has 2 saturated heterocycles. The van der Waals surface area contributed by atoms with E-state index in [-0.39, 0.29) is 18.1 Å². The van der Waals surface area contributed by atoms with Crippen molar-refractivity contribution in [2.45, 2.75) is 38.5 Å². The summed E-state index contributed by atoms with van der Waals surface area (Å²) in [5.74, 6) is 0.364. The van der Waals surface area contributed by atoms with Gasteiger partial charge < -0.3 is 10.1 Å². The van der Waals surface area contributed by atoms with Gasteiger partial charge >= 0.3 is 0 Å². The second-order valence-electron chi connectivity index (χ2n) is 7.74. The SMILES string of the molecule is CC(C)[C@H]1CN2C[C@H](NC(=O)c3cc(-n4cccn4)ccc3Cl)C[C@H]2CO1. The van der Waals surface area contributed by atoms with E-state index in [4.69, 9.17) is 16.3 Å². The zero-order valence-electron chi connectivity index (χ0n) is 15.6. The molecule has 2 aromatic rings. The van der Waals surface area contributed by atoms with Crippen LogP contribution in [-0.2, 0) is 4.74 Å². The Hall–Kier alpha value is -1.89. The van der Waals surface area contributed by atoms with E-state index in [0.717, 1.165) is 31.8 Å². The predicted molar refractivity (Wildman–Crippen MR) is 104 cm³/mol. The molecule has 0 saturated carbocycles. The number of benzene rings is 1. The van der Waals surface area contributed by atoms with Crippen molar-refractivity contribution in [2.75, 3.05) is 19.7 Å². The number of hydrogen-bond donors (Lipinski definition) is 1. The number of nitrogens with zero attached hydrogens (tertiary/aromatic N) is 3. The Morgan fingerprint density at radius 3 is 2.96 bits per heavy atom. The number of nitrogens with one attached hydrogen (secondary N) is 1. The molecule has 144 valence electrons. The summed E-state index contributed by atoms with van der Waals surface area (Å²) in [6, 6.07) is 7.72. The summed E-state index contributed by atoms with van der Waals surface area (Å²) in [4.78, 5) is 15.3. The molecule has 6 nitrogen and oxygen atoms in total. The molecule has 0 aliphatic carbocycles. The van der Waals surface area contributed by atoms with E-state index in [9.17, 15) is 4.79 Å². The standard InChI is InChI=1S/C20H25ClN4O2/c1-13(2)19-11-24-10-14(8-16(24)12-27-19)23-20(26)17-9-15(4-5-18(17)21)25-7-3-6-22-25/h3-7,9,13-14,16,19H,8,10-12H2,1-2H3,(H,23,26)/t14-,16+,19-/m1/s1. The van der Waals surface area contributed by atoms with Crippen molar-refractivity contribution in [1.82, 2.24) is 20.0 Å². The van der Waals surface area contributed by atoms with E-state index in [1.807, 2.05) is 18.3 Å². The van der Waals surface area contributed by atoms with E-state index in [1.54, 1.807) is 23.0 Å². The summed E-state index contributed by atoms with van der Waals surface area (Å²) in [5, 5.41) is 7.82. The van der Waals surface area contributed by atoms with Gasteiger partial charge in [0.25, 0.3) is 5.91 Å². The molecule has 27 heavy (non-hydrogen) atoms. The van der Waals surface area contributed by atoms with Crippen LogP contribution in [0.2, 0.25) is 5.02 Å². The van der Waals surface area contributed by atoms with Crippen LogP contribution in [0.1, 0.15) is 30.6 Å². The molecule has 7 heteroatoms. The van der Waals surface area contributed by atoms with Gasteiger partial charge in [-0.05, 0) is 36.6 Å². The maximum absolute atomic E-state index is 12.8. The summed E-state index contributed by atoms with van der Waals surface area (Å²) >= 11 is 6.29. The van der Waals surface area contributed by atoms with Gasteiger partial charge in [-0.3, -0.25) is 9.69 Å². The number of rotatable bonds is 4. The molecule has 1 aromatic heterocycles. The van der Waals surface area contributed by atoms with Crippen molar-refractivity contribution >= 4 is 17.5 Å². The third kappa shape index (κ3) is 3.88. The number of hydrogen-bond acceptors (Lipinski definition) is 4. The maximum atomic E-state index is 12.8. The highest BCUT2D eigenvalue weighted by atomic mass is 35.5. The Balaban J connectivity index is 1.44. The van der Waals surface area contributed by atoms with Crippen molar-refractivity contribution in [1.29, 1.82) is 0 Å². The summed E-state index contributed by atoms with van der Waals surface area (Å²) in [6.07, 6.45) is 4.73. The Bertz CT molecular complexity index is 808. The number of halogens is 1. The van der Waals surface area contributed by atoms with Gasteiger partial charge in [-0.15, -0.1) is 0 Å². The topological polar surface area (TPSA) is 59.4 Å². The van der Waals surface area contributed by atoms with Crippen LogP contribution in [0.25, 0.3) is 5.69 Å². The fourth-order valence-electron chi connectivity index (χ4n) is 3.92. The lowest BCUT2D eigenvalue weighted by Crippen LogP contribution is -2.48. The average molecular weight is 389 g/mol. The van der Waals surface area contributed by atoms with Gasteiger partial charge in [0, 0.05) is 37.6 Å². The van der Waals surface area contributed by atoms with Crippen molar-refractivity contribution in [2.24, 2.45) is 5.92 Å². The first-order valence-electron chi connectivity index (χ1n) is 9.47. The number of amides is 1. The minimum absolute atomic E-state index is 0.112. The normalized spacial score (nSPS) is 25.6. The van der Waals surface area contributed by atoms with Crippen LogP contribution in [0.3, 0.4) is 0 Å². The highest BCUT2D eigenvalue weighted by Gasteiger charge is 2.38. The molecular formula is C20H25ClN4O2. The third-order valence-electron chi connectivity index (χ3n) is 5.49. The largest absolute Gasteiger partial charge is 0.375 e. The van der Waals surface area contributed by atoms with Crippen LogP contribution in [0.15, 0.2) is 36.7 Å². The van der Waals surface area contributed by atoms with E-state index >= 15 is 0 Å². The quantitative estimate of drug-likeness (QED) is 0.874. The van der Waals surface area contributed by atoms with E-state index in [1.165, 1.54) is 0 Å². The summed E-state index contributed by atoms with van der Waals surface area (Å²) in [6.45, 7) is 6.91. The van der Waals surface area contributed by atoms with Crippen LogP contribution in [0, 0.1) is 5.92 Å². The molecule has 1 N–H and O–H groups in total. The Morgan fingerprint density at radius 1 is 1.37 bits per heavy atom. The summed E-state index contributed by atoms with van der Waals surface area (Å²) in [7, 11) is 0.